The topological polar surface area (TPSA) is 33.7 Å². The van der Waals surface area contributed by atoms with E-state index >= 15 is 0 Å². The summed E-state index contributed by atoms with van der Waals surface area (Å²) in [6.07, 6.45) is 1.13. The van der Waals surface area contributed by atoms with Gasteiger partial charge in [-0.15, -0.1) is 0 Å². The largest absolute Gasteiger partial charge is 0.454 e. The molecule has 1 aromatic rings. The summed E-state index contributed by atoms with van der Waals surface area (Å²) in [5.41, 5.74) is 1.35. The van der Waals surface area contributed by atoms with Crippen LogP contribution in [0.1, 0.15) is 27.2 Å². The van der Waals surface area contributed by atoms with Crippen LogP contribution in [0.2, 0.25) is 0 Å². The molecule has 1 N–H and O–H groups in total. The fourth-order valence-corrected chi connectivity index (χ4v) is 3.15. The molecule has 0 spiro atoms. The van der Waals surface area contributed by atoms with Crippen molar-refractivity contribution in [3.05, 3.63) is 18.2 Å². The highest BCUT2D eigenvalue weighted by atomic mass is 16.7. The molecule has 3 rings (SSSR count). The Morgan fingerprint density at radius 2 is 2.05 bits per heavy atom. The number of anilines is 1. The normalized spacial score (nSPS) is 25.2. The standard InChI is InChI=1S/C15H22N2O2/c1-11-9-16-7-6-15(2,3)17(11)12-4-5-13-14(8-12)19-10-18-13/h4-5,8,11,16H,6-7,9-10H2,1-3H3. The van der Waals surface area contributed by atoms with Gasteiger partial charge in [0.05, 0.1) is 0 Å². The van der Waals surface area contributed by atoms with Gasteiger partial charge in [-0.25, -0.2) is 0 Å². The molecule has 0 aliphatic carbocycles. The number of hydrogen-bond donors (Lipinski definition) is 1. The molecule has 4 heteroatoms. The maximum atomic E-state index is 5.50. The third-order valence-corrected chi connectivity index (χ3v) is 4.08. The van der Waals surface area contributed by atoms with Gasteiger partial charge in [-0.3, -0.25) is 0 Å². The van der Waals surface area contributed by atoms with Gasteiger partial charge >= 0.3 is 0 Å². The lowest BCUT2D eigenvalue weighted by Gasteiger charge is -2.42. The summed E-state index contributed by atoms with van der Waals surface area (Å²) in [7, 11) is 0. The second-order valence-corrected chi connectivity index (χ2v) is 6.02. The minimum Gasteiger partial charge on any atom is -0.454 e. The molecule has 0 bridgehead atoms. The molecule has 1 atom stereocenters. The summed E-state index contributed by atoms with van der Waals surface area (Å²) < 4.78 is 10.9. The first-order valence-electron chi connectivity index (χ1n) is 6.98. The van der Waals surface area contributed by atoms with Crippen LogP contribution in [-0.2, 0) is 0 Å². The van der Waals surface area contributed by atoms with Gasteiger partial charge in [-0.05, 0) is 45.9 Å². The van der Waals surface area contributed by atoms with E-state index in [-0.39, 0.29) is 5.54 Å². The molecular weight excluding hydrogens is 240 g/mol. The fraction of sp³-hybridized carbons (Fsp3) is 0.600. The lowest BCUT2D eigenvalue weighted by molar-refractivity contribution is 0.174. The highest BCUT2D eigenvalue weighted by Crippen LogP contribution is 2.38. The average Bonchev–Trinajstić information content (AvgIpc) is 2.76. The van der Waals surface area contributed by atoms with Gasteiger partial charge in [0.2, 0.25) is 6.79 Å². The van der Waals surface area contributed by atoms with E-state index in [0.717, 1.165) is 31.0 Å². The van der Waals surface area contributed by atoms with Gasteiger partial charge < -0.3 is 19.7 Å². The average molecular weight is 262 g/mol. The van der Waals surface area contributed by atoms with Crippen molar-refractivity contribution in [2.75, 3.05) is 24.8 Å². The molecule has 0 radical (unpaired) electrons. The third kappa shape index (κ3) is 2.25. The molecular formula is C15H22N2O2. The monoisotopic (exact) mass is 262 g/mol. The van der Waals surface area contributed by atoms with Crippen molar-refractivity contribution in [3.63, 3.8) is 0 Å². The quantitative estimate of drug-likeness (QED) is 0.842. The molecule has 0 saturated carbocycles. The van der Waals surface area contributed by atoms with Crippen molar-refractivity contribution in [2.45, 2.75) is 38.8 Å². The summed E-state index contributed by atoms with van der Waals surface area (Å²) in [4.78, 5) is 2.50. The Labute approximate surface area is 114 Å². The van der Waals surface area contributed by atoms with Crippen LogP contribution in [0.15, 0.2) is 18.2 Å². The Kier molecular flexibility index (Phi) is 3.05. The summed E-state index contributed by atoms with van der Waals surface area (Å²) >= 11 is 0. The van der Waals surface area contributed by atoms with Crippen LogP contribution >= 0.6 is 0 Å². The number of benzene rings is 1. The molecule has 1 saturated heterocycles. The first-order chi connectivity index (χ1) is 9.08. The summed E-state index contributed by atoms with van der Waals surface area (Å²) in [5, 5.41) is 3.51. The zero-order valence-corrected chi connectivity index (χ0v) is 11.9. The van der Waals surface area contributed by atoms with Gasteiger partial charge in [-0.2, -0.15) is 0 Å². The van der Waals surface area contributed by atoms with Crippen molar-refractivity contribution < 1.29 is 9.47 Å². The van der Waals surface area contributed by atoms with Crippen LogP contribution in [0.25, 0.3) is 0 Å². The number of hydrogen-bond acceptors (Lipinski definition) is 4. The van der Waals surface area contributed by atoms with Gasteiger partial charge in [0, 0.05) is 29.9 Å². The molecule has 0 aromatic heterocycles. The van der Waals surface area contributed by atoms with E-state index in [1.165, 1.54) is 5.69 Å². The number of nitrogens with zero attached hydrogens (tertiary/aromatic N) is 1. The van der Waals surface area contributed by atoms with E-state index in [9.17, 15) is 0 Å². The predicted octanol–water partition coefficient (Wildman–Crippen LogP) is 2.38. The van der Waals surface area contributed by atoms with E-state index in [0.29, 0.717) is 12.8 Å². The van der Waals surface area contributed by atoms with E-state index < -0.39 is 0 Å². The smallest absolute Gasteiger partial charge is 0.231 e. The molecule has 2 aliphatic heterocycles. The Morgan fingerprint density at radius 1 is 1.26 bits per heavy atom. The molecule has 2 heterocycles. The SMILES string of the molecule is CC1CNCCC(C)(C)N1c1ccc2c(c1)OCO2. The maximum absolute atomic E-state index is 5.50. The minimum absolute atomic E-state index is 0.136. The zero-order chi connectivity index (χ0) is 13.5. The highest BCUT2D eigenvalue weighted by molar-refractivity contribution is 5.59. The third-order valence-electron chi connectivity index (χ3n) is 4.08. The number of fused-ring (bicyclic) bond motifs is 1. The molecule has 104 valence electrons. The molecule has 19 heavy (non-hydrogen) atoms. The predicted molar refractivity (Wildman–Crippen MR) is 76.1 cm³/mol. The second kappa shape index (κ2) is 4.60. The molecule has 1 unspecified atom stereocenters. The summed E-state index contributed by atoms with van der Waals surface area (Å²) in [5.74, 6) is 1.71. The zero-order valence-electron chi connectivity index (χ0n) is 11.9. The van der Waals surface area contributed by atoms with Crippen LogP contribution in [0.4, 0.5) is 5.69 Å². The van der Waals surface area contributed by atoms with Crippen LogP contribution in [0, 0.1) is 0 Å². The van der Waals surface area contributed by atoms with Crippen molar-refractivity contribution >= 4 is 5.69 Å². The summed E-state index contributed by atoms with van der Waals surface area (Å²) in [6, 6.07) is 6.71. The van der Waals surface area contributed by atoms with E-state index in [2.05, 4.69) is 43.1 Å². The molecule has 2 aliphatic rings. The lowest BCUT2D eigenvalue weighted by Crippen LogP contribution is -2.49. The lowest BCUT2D eigenvalue weighted by atomic mass is 9.96. The van der Waals surface area contributed by atoms with Gasteiger partial charge in [0.25, 0.3) is 0 Å². The number of rotatable bonds is 1. The molecule has 0 amide bonds. The molecule has 1 fully saturated rings. The van der Waals surface area contributed by atoms with Crippen molar-refractivity contribution in [1.29, 1.82) is 0 Å². The van der Waals surface area contributed by atoms with Crippen LogP contribution in [0.3, 0.4) is 0 Å². The Hall–Kier alpha value is -1.42. The molecule has 4 nitrogen and oxygen atoms in total. The van der Waals surface area contributed by atoms with Gasteiger partial charge in [0.15, 0.2) is 11.5 Å². The summed E-state index contributed by atoms with van der Waals surface area (Å²) in [6.45, 7) is 9.29. The van der Waals surface area contributed by atoms with Gasteiger partial charge in [-0.1, -0.05) is 0 Å². The Bertz CT molecular complexity index is 473. The fourth-order valence-electron chi connectivity index (χ4n) is 3.15. The van der Waals surface area contributed by atoms with Crippen LogP contribution in [-0.4, -0.2) is 31.5 Å². The van der Waals surface area contributed by atoms with Gasteiger partial charge in [0.1, 0.15) is 0 Å². The second-order valence-electron chi connectivity index (χ2n) is 6.02. The Balaban J connectivity index is 1.98. The van der Waals surface area contributed by atoms with Crippen LogP contribution < -0.4 is 19.7 Å². The Morgan fingerprint density at radius 3 is 2.89 bits per heavy atom. The van der Waals surface area contributed by atoms with E-state index in [1.807, 2.05) is 6.07 Å². The first-order valence-corrected chi connectivity index (χ1v) is 6.98. The number of nitrogens with one attached hydrogen (secondary N) is 1. The van der Waals surface area contributed by atoms with Crippen molar-refractivity contribution in [3.8, 4) is 11.5 Å². The highest BCUT2D eigenvalue weighted by Gasteiger charge is 2.33. The first kappa shape index (κ1) is 12.6. The molecule has 1 aromatic carbocycles. The maximum Gasteiger partial charge on any atom is 0.231 e. The van der Waals surface area contributed by atoms with E-state index in [1.54, 1.807) is 0 Å². The number of ether oxygens (including phenoxy) is 2. The van der Waals surface area contributed by atoms with E-state index in [4.69, 9.17) is 9.47 Å². The van der Waals surface area contributed by atoms with Crippen molar-refractivity contribution in [1.82, 2.24) is 5.32 Å². The minimum atomic E-state index is 0.136. The van der Waals surface area contributed by atoms with Crippen LogP contribution in [0.5, 0.6) is 11.5 Å². The van der Waals surface area contributed by atoms with Crippen molar-refractivity contribution in [2.24, 2.45) is 0 Å².